The molecule has 4 fully saturated rings. The van der Waals surface area contributed by atoms with E-state index >= 15 is 0 Å². The van der Waals surface area contributed by atoms with Crippen molar-refractivity contribution >= 4 is 29.1 Å². The molecule has 0 spiro atoms. The second-order valence-corrected chi connectivity index (χ2v) is 12.5. The molecule has 9 heteroatoms. The quantitative estimate of drug-likeness (QED) is 0.481. The molecular weight excluding hydrogens is 503 g/mol. The van der Waals surface area contributed by atoms with Gasteiger partial charge in [-0.15, -0.1) is 11.3 Å². The predicted molar refractivity (Wildman–Crippen MR) is 144 cm³/mol. The molecule has 2 saturated heterocycles. The van der Waals surface area contributed by atoms with E-state index in [-0.39, 0.29) is 48.7 Å². The van der Waals surface area contributed by atoms with Gasteiger partial charge >= 0.3 is 0 Å². The molecule has 202 valence electrons. The molecule has 38 heavy (non-hydrogen) atoms. The number of halogens is 1. The smallest absolute Gasteiger partial charge is 0.261 e. The van der Waals surface area contributed by atoms with Crippen LogP contribution in [0.3, 0.4) is 0 Å². The van der Waals surface area contributed by atoms with Gasteiger partial charge in [0.25, 0.3) is 5.91 Å². The number of rotatable bonds is 8. The highest BCUT2D eigenvalue weighted by atomic mass is 32.1. The molecule has 4 aliphatic rings. The van der Waals surface area contributed by atoms with E-state index in [1.165, 1.54) is 10.4 Å². The Labute approximate surface area is 226 Å². The van der Waals surface area contributed by atoms with Crippen molar-refractivity contribution in [1.29, 1.82) is 0 Å². The highest BCUT2D eigenvalue weighted by Gasteiger charge is 2.42. The van der Waals surface area contributed by atoms with Gasteiger partial charge < -0.3 is 20.9 Å². The van der Waals surface area contributed by atoms with Crippen molar-refractivity contribution in [2.24, 2.45) is 5.92 Å². The van der Waals surface area contributed by atoms with E-state index in [0.717, 1.165) is 25.7 Å². The SMILES string of the molecule is O=C(NC[C@H]1C[C@@H](NC(=O)[C@@H]2C[C@H](F)CN2)CN1C(=O)C1CC1)c1ccc(C2CC(c3ccccc3)C2)s1. The van der Waals surface area contributed by atoms with E-state index in [4.69, 9.17) is 0 Å². The van der Waals surface area contributed by atoms with Crippen molar-refractivity contribution < 1.29 is 18.8 Å². The van der Waals surface area contributed by atoms with E-state index in [2.05, 4.69) is 46.3 Å². The molecule has 3 heterocycles. The average molecular weight is 539 g/mol. The number of amides is 3. The normalized spacial score (nSPS) is 30.6. The number of carbonyl (C=O) groups excluding carboxylic acids is 3. The molecule has 2 aliphatic carbocycles. The number of nitrogens with zero attached hydrogens (tertiary/aromatic N) is 1. The van der Waals surface area contributed by atoms with Crippen LogP contribution in [-0.2, 0) is 9.59 Å². The van der Waals surface area contributed by atoms with Crippen LogP contribution >= 0.6 is 11.3 Å². The maximum absolute atomic E-state index is 13.5. The summed E-state index contributed by atoms with van der Waals surface area (Å²) in [6.07, 6.45) is 3.79. The number of hydrogen-bond acceptors (Lipinski definition) is 5. The number of hydrogen-bond donors (Lipinski definition) is 3. The molecule has 2 saturated carbocycles. The van der Waals surface area contributed by atoms with Gasteiger partial charge in [-0.3, -0.25) is 14.4 Å². The predicted octanol–water partition coefficient (Wildman–Crippen LogP) is 3.33. The van der Waals surface area contributed by atoms with Gasteiger partial charge in [0.05, 0.1) is 17.0 Å². The zero-order chi connectivity index (χ0) is 26.2. The lowest BCUT2D eigenvalue weighted by atomic mass is 9.71. The fourth-order valence-electron chi connectivity index (χ4n) is 6.08. The molecule has 6 rings (SSSR count). The summed E-state index contributed by atoms with van der Waals surface area (Å²) in [5.74, 6) is 0.938. The number of alkyl halides is 1. The van der Waals surface area contributed by atoms with Crippen LogP contribution in [-0.4, -0.2) is 66.6 Å². The first-order valence-electron chi connectivity index (χ1n) is 13.9. The molecule has 4 atom stereocenters. The molecule has 3 amide bonds. The van der Waals surface area contributed by atoms with Crippen molar-refractivity contribution in [2.75, 3.05) is 19.6 Å². The Morgan fingerprint density at radius 3 is 2.50 bits per heavy atom. The highest BCUT2D eigenvalue weighted by Crippen LogP contribution is 2.49. The number of likely N-dealkylation sites (tertiary alicyclic amines) is 1. The standard InChI is InChI=1S/C29H35FN4O3S/c30-21-12-24(31-14-21)27(35)33-22-13-23(34(16-22)29(37)18-6-7-18)15-32-28(36)26-9-8-25(38-26)20-10-19(11-20)17-4-2-1-3-5-17/h1-5,8-9,18-24,31H,6-7,10-16H2,(H,32,36)(H,33,35)/t19?,20?,21-,22+,23+,24-/m0/s1. The molecule has 2 aromatic rings. The number of benzene rings is 1. The van der Waals surface area contributed by atoms with Gasteiger partial charge in [-0.2, -0.15) is 0 Å². The van der Waals surface area contributed by atoms with Gasteiger partial charge in [-0.1, -0.05) is 30.3 Å². The lowest BCUT2D eigenvalue weighted by Gasteiger charge is -2.35. The zero-order valence-corrected chi connectivity index (χ0v) is 22.2. The van der Waals surface area contributed by atoms with Crippen LogP contribution in [0.2, 0.25) is 0 Å². The first-order valence-corrected chi connectivity index (χ1v) is 14.7. The average Bonchev–Trinajstić information content (AvgIpc) is 3.26. The summed E-state index contributed by atoms with van der Waals surface area (Å²) in [5.41, 5.74) is 1.39. The Balaban J connectivity index is 1.02. The minimum Gasteiger partial charge on any atom is -0.350 e. The van der Waals surface area contributed by atoms with Crippen molar-refractivity contribution in [1.82, 2.24) is 20.9 Å². The van der Waals surface area contributed by atoms with Gasteiger partial charge in [-0.25, -0.2) is 4.39 Å². The second-order valence-electron chi connectivity index (χ2n) is 11.3. The Kier molecular flexibility index (Phi) is 7.22. The van der Waals surface area contributed by atoms with Gasteiger partial charge in [0, 0.05) is 42.9 Å². The lowest BCUT2D eigenvalue weighted by molar-refractivity contribution is -0.133. The van der Waals surface area contributed by atoms with Crippen LogP contribution in [0.4, 0.5) is 4.39 Å². The largest absolute Gasteiger partial charge is 0.350 e. The third-order valence-corrected chi connectivity index (χ3v) is 9.77. The van der Waals surface area contributed by atoms with Gasteiger partial charge in [0.2, 0.25) is 11.8 Å². The highest BCUT2D eigenvalue weighted by molar-refractivity contribution is 7.14. The fourth-order valence-corrected chi connectivity index (χ4v) is 7.13. The number of carbonyl (C=O) groups is 3. The van der Waals surface area contributed by atoms with E-state index < -0.39 is 12.2 Å². The minimum absolute atomic E-state index is 0.0634. The molecular formula is C29H35FN4O3S. The topological polar surface area (TPSA) is 90.5 Å². The molecule has 7 nitrogen and oxygen atoms in total. The third-order valence-electron chi connectivity index (χ3n) is 8.52. The summed E-state index contributed by atoms with van der Waals surface area (Å²) in [5, 5.41) is 8.97. The molecule has 0 bridgehead atoms. The molecule has 2 aliphatic heterocycles. The third kappa shape index (κ3) is 5.50. The van der Waals surface area contributed by atoms with Crippen LogP contribution in [0.15, 0.2) is 42.5 Å². The van der Waals surface area contributed by atoms with E-state index in [9.17, 15) is 18.8 Å². The van der Waals surface area contributed by atoms with Crippen LogP contribution in [0, 0.1) is 5.92 Å². The van der Waals surface area contributed by atoms with Crippen molar-refractivity contribution in [3.8, 4) is 0 Å². The minimum atomic E-state index is -1.00. The summed E-state index contributed by atoms with van der Waals surface area (Å²) in [7, 11) is 0. The van der Waals surface area contributed by atoms with Gasteiger partial charge in [0.1, 0.15) is 6.17 Å². The summed E-state index contributed by atoms with van der Waals surface area (Å²) >= 11 is 1.56. The van der Waals surface area contributed by atoms with Crippen LogP contribution in [0.5, 0.6) is 0 Å². The summed E-state index contributed by atoms with van der Waals surface area (Å²) in [6, 6.07) is 13.7. The fraction of sp³-hybridized carbons (Fsp3) is 0.552. The van der Waals surface area contributed by atoms with Crippen LogP contribution in [0.25, 0.3) is 0 Å². The van der Waals surface area contributed by atoms with Crippen molar-refractivity contribution in [3.05, 3.63) is 57.8 Å². The molecule has 1 aromatic heterocycles. The lowest BCUT2D eigenvalue weighted by Crippen LogP contribution is -2.46. The Bertz CT molecular complexity index is 1180. The van der Waals surface area contributed by atoms with Crippen LogP contribution < -0.4 is 16.0 Å². The van der Waals surface area contributed by atoms with Gasteiger partial charge in [0.15, 0.2) is 0 Å². The van der Waals surface area contributed by atoms with E-state index in [1.807, 2.05) is 17.0 Å². The Morgan fingerprint density at radius 1 is 1.00 bits per heavy atom. The van der Waals surface area contributed by atoms with E-state index in [1.54, 1.807) is 11.3 Å². The molecule has 3 N–H and O–H groups in total. The Hall–Kier alpha value is -2.78. The molecule has 1 aromatic carbocycles. The summed E-state index contributed by atoms with van der Waals surface area (Å²) in [6.45, 7) is 0.980. The summed E-state index contributed by atoms with van der Waals surface area (Å²) in [4.78, 5) is 42.3. The first kappa shape index (κ1) is 25.5. The second kappa shape index (κ2) is 10.8. The maximum atomic E-state index is 13.5. The van der Waals surface area contributed by atoms with Crippen molar-refractivity contribution in [3.63, 3.8) is 0 Å². The van der Waals surface area contributed by atoms with E-state index in [0.29, 0.717) is 36.2 Å². The molecule has 0 radical (unpaired) electrons. The monoisotopic (exact) mass is 538 g/mol. The first-order chi connectivity index (χ1) is 18.4. The maximum Gasteiger partial charge on any atom is 0.261 e. The number of nitrogens with one attached hydrogen (secondary N) is 3. The van der Waals surface area contributed by atoms with Crippen LogP contribution in [0.1, 0.15) is 70.5 Å². The van der Waals surface area contributed by atoms with Gasteiger partial charge in [-0.05, 0) is 61.6 Å². The van der Waals surface area contributed by atoms with Crippen molar-refractivity contribution in [2.45, 2.75) is 74.7 Å². The zero-order valence-electron chi connectivity index (χ0n) is 21.4. The Morgan fingerprint density at radius 2 is 1.79 bits per heavy atom. The number of thiophene rings is 1. The molecule has 0 unspecified atom stereocenters. The summed E-state index contributed by atoms with van der Waals surface area (Å²) < 4.78 is 13.5.